The van der Waals surface area contributed by atoms with Crippen molar-refractivity contribution >= 4 is 29.6 Å². The second kappa shape index (κ2) is 14.2. The number of nitrogens with zero attached hydrogens (tertiary/aromatic N) is 1. The number of hydrogen-bond acceptors (Lipinski definition) is 9. The van der Waals surface area contributed by atoms with Crippen LogP contribution in [0.3, 0.4) is 0 Å². The fourth-order valence-electron chi connectivity index (χ4n) is 22.9. The number of carboxylic acid groups (broad SMARTS) is 1. The van der Waals surface area contributed by atoms with Crippen molar-refractivity contribution in [2.24, 2.45) is 78.5 Å². The number of benzene rings is 1. The number of Topliss-reactive ketones (excluding diaryl/α,β-unsaturated/α-hetero) is 2. The highest BCUT2D eigenvalue weighted by Crippen LogP contribution is 2.92. The Balaban J connectivity index is 1.16. The van der Waals surface area contributed by atoms with Gasteiger partial charge in [0.15, 0.2) is 11.7 Å². The molecule has 0 saturated heterocycles. The first-order chi connectivity index (χ1) is 36.0. The van der Waals surface area contributed by atoms with E-state index in [2.05, 4.69) is 56.0 Å². The molecular weight excluding hydrogens is 955 g/mol. The third kappa shape index (κ3) is 4.62. The molecule has 14 aliphatic carbocycles. The Kier molecular flexibility index (Phi) is 8.95. The maximum absolute atomic E-state index is 17.7. The number of aliphatic hydroxyl groups is 5. The smallest absolute Gasteiger partial charge is 0.331 e. The third-order valence-electron chi connectivity index (χ3n) is 25.4. The number of fused-ring (bicyclic) bond motifs is 2. The lowest BCUT2D eigenvalue weighted by atomic mass is 9.29. The minimum atomic E-state index is -2.50. The van der Waals surface area contributed by atoms with Crippen LogP contribution in [0.5, 0.6) is 0 Å². The predicted molar refractivity (Wildman–Crippen MR) is 283 cm³/mol. The van der Waals surface area contributed by atoms with Gasteiger partial charge in [0.1, 0.15) is 33.7 Å². The van der Waals surface area contributed by atoms with E-state index in [1.807, 2.05) is 31.2 Å². The van der Waals surface area contributed by atoms with Crippen LogP contribution in [0, 0.1) is 73.9 Å². The summed E-state index contributed by atoms with van der Waals surface area (Å²) in [5.41, 5.74) is 1.87. The van der Waals surface area contributed by atoms with Crippen LogP contribution in [-0.2, 0) is 20.8 Å². The first kappa shape index (κ1) is 48.0. The Morgan fingerprint density at radius 1 is 0.895 bits per heavy atom. The van der Waals surface area contributed by atoms with Gasteiger partial charge >= 0.3 is 5.97 Å². The SMILES string of the molecule is C/C(C(=O)O)=C1/CC[C@]2(N=C(N)N)C=C[C@]34[C@@H]5C[C@H](O)C6(CCCC6)C[C@H]6C(=O)C7=C8[C@@]9(CCC#CC[C@]%10(C)C(=O)CC[C@@]7(C)[C@@H]%10[C@@H](C7=Cc%10ccccc%10CC7)[C@]8(O)C=C7CC8=C(C(=CC8)[C@]1(O)[C@]52O)[C@@H]3[C@@]79O)[C@]64C. The highest BCUT2D eigenvalue weighted by molar-refractivity contribution is 6.04. The minimum absolute atomic E-state index is 0.0114. The molecule has 15 rings (SSSR count). The van der Waals surface area contributed by atoms with Crippen molar-refractivity contribution in [2.75, 3.05) is 0 Å². The quantitative estimate of drug-likeness (QED) is 0.0507. The largest absolute Gasteiger partial charge is 0.478 e. The highest BCUT2D eigenvalue weighted by Gasteiger charge is 2.94. The monoisotopic (exact) mass is 1030 g/mol. The lowest BCUT2D eigenvalue weighted by Crippen LogP contribution is -2.79. The summed E-state index contributed by atoms with van der Waals surface area (Å²) in [4.78, 5) is 51.3. The van der Waals surface area contributed by atoms with E-state index in [0.29, 0.717) is 60.0 Å². The molecule has 6 fully saturated rings. The van der Waals surface area contributed by atoms with Crippen molar-refractivity contribution in [3.63, 3.8) is 0 Å². The zero-order valence-corrected chi connectivity index (χ0v) is 44.2. The molecule has 0 heterocycles. The van der Waals surface area contributed by atoms with Crippen LogP contribution in [-0.4, -0.2) is 88.2 Å². The molecule has 8 bridgehead atoms. The molecule has 76 heavy (non-hydrogen) atoms. The Morgan fingerprint density at radius 3 is 2.41 bits per heavy atom. The van der Waals surface area contributed by atoms with E-state index < -0.39 is 102 Å². The average Bonchev–Trinajstić information content (AvgIpc) is 4.20. The molecule has 12 nitrogen and oxygen atoms in total. The fraction of sp³-hybridized carbons (Fsp3) is 0.594. The number of carboxylic acids is 1. The van der Waals surface area contributed by atoms with E-state index in [-0.39, 0.29) is 86.5 Å². The molecule has 14 aliphatic rings. The number of nitrogens with two attached hydrogens (primary N) is 2. The molecule has 0 amide bonds. The molecule has 10 N–H and O–H groups in total. The van der Waals surface area contributed by atoms with Gasteiger partial charge in [0.25, 0.3) is 0 Å². The molecule has 0 unspecified atom stereocenters. The summed E-state index contributed by atoms with van der Waals surface area (Å²) in [6.45, 7) is 7.86. The molecule has 0 radical (unpaired) electrons. The molecule has 3 spiro atoms. The second-order valence-electron chi connectivity index (χ2n) is 27.3. The zero-order valence-electron chi connectivity index (χ0n) is 44.2. The molecule has 1 aromatic rings. The van der Waals surface area contributed by atoms with E-state index in [1.54, 1.807) is 0 Å². The number of carbonyl (C=O) groups excluding carboxylic acids is 2. The predicted octanol–water partition coefficient (Wildman–Crippen LogP) is 6.95. The van der Waals surface area contributed by atoms with Crippen LogP contribution < -0.4 is 11.5 Å². The van der Waals surface area contributed by atoms with Gasteiger partial charge in [-0.1, -0.05) is 93.3 Å². The molecular formula is C64H71N3O9. The summed E-state index contributed by atoms with van der Waals surface area (Å²) in [6.07, 6.45) is 15.1. The van der Waals surface area contributed by atoms with Crippen LogP contribution in [0.1, 0.15) is 142 Å². The van der Waals surface area contributed by atoms with Crippen LogP contribution in [0.15, 0.2) is 104 Å². The van der Waals surface area contributed by atoms with Gasteiger partial charge < -0.3 is 42.1 Å². The summed E-state index contributed by atoms with van der Waals surface area (Å²) in [6, 6.07) is 8.35. The number of allylic oxidation sites excluding steroid dienone is 4. The summed E-state index contributed by atoms with van der Waals surface area (Å²) in [7, 11) is 0. The second-order valence-corrected chi connectivity index (χ2v) is 27.3. The lowest BCUT2D eigenvalue weighted by Gasteiger charge is -2.74. The maximum Gasteiger partial charge on any atom is 0.331 e. The summed E-state index contributed by atoms with van der Waals surface area (Å²) >= 11 is 0. The van der Waals surface area contributed by atoms with Crippen LogP contribution in [0.25, 0.3) is 6.08 Å². The summed E-state index contributed by atoms with van der Waals surface area (Å²) < 4.78 is 0. The molecule has 0 aromatic heterocycles. The van der Waals surface area contributed by atoms with Crippen molar-refractivity contribution < 1.29 is 45.0 Å². The number of hydrogen-bond donors (Lipinski definition) is 8. The number of aliphatic hydroxyl groups excluding tert-OH is 1. The minimum Gasteiger partial charge on any atom is -0.478 e. The molecule has 0 aliphatic heterocycles. The van der Waals surface area contributed by atoms with E-state index in [0.717, 1.165) is 36.0 Å². The van der Waals surface area contributed by atoms with Gasteiger partial charge in [0.05, 0.1) is 6.10 Å². The van der Waals surface area contributed by atoms with Gasteiger partial charge in [-0.05, 0) is 140 Å². The molecule has 16 atom stereocenters. The normalized spacial score (nSPS) is 49.4. The van der Waals surface area contributed by atoms with E-state index >= 15 is 24.9 Å². The number of aryl methyl sites for hydroxylation is 1. The van der Waals surface area contributed by atoms with Crippen molar-refractivity contribution in [2.45, 2.75) is 171 Å². The number of aliphatic imine (C=N–C) groups is 1. The van der Waals surface area contributed by atoms with Gasteiger partial charge in [-0.2, -0.15) is 0 Å². The Hall–Kier alpha value is -5.16. The Morgan fingerprint density at radius 2 is 1.66 bits per heavy atom. The van der Waals surface area contributed by atoms with Gasteiger partial charge in [-0.15, -0.1) is 11.8 Å². The zero-order chi connectivity index (χ0) is 53.1. The summed E-state index contributed by atoms with van der Waals surface area (Å²) in [5, 5.41) is 85.7. The summed E-state index contributed by atoms with van der Waals surface area (Å²) in [5.74, 6) is 1.08. The standard InChI is InChI=1S/C64H71N3O9/c1-33(52(71)72)39-18-25-58(67-53(65)66)26-27-59-42-30-44(69)57(21-10-11-22-57)32-41-48(70)47-51-60(73)31-38-29-36-16-17-40(63(39,75)64(42,58)76)45(36)49(59)62(38,74)61(51,56(41,59)4)23-9-5-8-20-54(2)43(68)19-24-55(47,3)50(54)46(60)37-15-14-34-12-6-7-13-35(34)28-37/h6-7,12-13,17,26-28,31,41-42,44,46,49-50,69,73-76H,9-11,14-16,18-25,29-30,32H2,1-4H3,(H,71,72)(H4,65,66,67)/b39-33+/t41-,42-,44-,46+,49-,50+,54+,55+,56+,58-,59-,60+,61-,62-,63-,64-/m0/s1. The van der Waals surface area contributed by atoms with Crippen molar-refractivity contribution in [1.29, 1.82) is 0 Å². The van der Waals surface area contributed by atoms with Gasteiger partial charge in [-0.3, -0.25) is 9.59 Å². The lowest BCUT2D eigenvalue weighted by molar-refractivity contribution is -0.252. The Labute approximate surface area is 444 Å². The molecule has 6 saturated carbocycles. The van der Waals surface area contributed by atoms with Crippen LogP contribution in [0.4, 0.5) is 0 Å². The van der Waals surface area contributed by atoms with Gasteiger partial charge in [0, 0.05) is 81.2 Å². The van der Waals surface area contributed by atoms with Crippen molar-refractivity contribution in [3.05, 3.63) is 110 Å². The van der Waals surface area contributed by atoms with Crippen LogP contribution in [0.2, 0.25) is 0 Å². The van der Waals surface area contributed by atoms with Gasteiger partial charge in [-0.25, -0.2) is 9.79 Å². The van der Waals surface area contributed by atoms with Crippen molar-refractivity contribution in [1.82, 2.24) is 0 Å². The van der Waals surface area contributed by atoms with E-state index in [9.17, 15) is 20.1 Å². The topological polar surface area (TPSA) is 237 Å². The first-order valence-corrected chi connectivity index (χ1v) is 28.5. The third-order valence-corrected chi connectivity index (χ3v) is 25.4. The number of carbonyl (C=O) groups is 3. The first-order valence-electron chi connectivity index (χ1n) is 28.5. The molecule has 12 heteroatoms. The van der Waals surface area contributed by atoms with Gasteiger partial charge in [0.2, 0.25) is 0 Å². The van der Waals surface area contributed by atoms with Crippen LogP contribution >= 0.6 is 0 Å². The maximum atomic E-state index is 17.7. The van der Waals surface area contributed by atoms with E-state index in [1.165, 1.54) is 12.5 Å². The number of guanidine groups is 1. The average molecular weight is 1030 g/mol. The number of aliphatic carboxylic acids is 1. The van der Waals surface area contributed by atoms with Crippen molar-refractivity contribution in [3.8, 4) is 11.8 Å². The highest BCUT2D eigenvalue weighted by atomic mass is 16.4. The number of rotatable bonds is 3. The number of ketones is 2. The molecule has 1 aromatic carbocycles. The Bertz CT molecular complexity index is 3370. The fourth-order valence-corrected chi connectivity index (χ4v) is 22.9. The van der Waals surface area contributed by atoms with E-state index in [4.69, 9.17) is 16.5 Å². The molecule has 396 valence electrons.